The second kappa shape index (κ2) is 6.99. The number of likely N-dealkylation sites (tertiary alicyclic amines) is 1. The Bertz CT molecular complexity index is 560. The van der Waals surface area contributed by atoms with Crippen molar-refractivity contribution in [2.24, 2.45) is 11.3 Å². The summed E-state index contributed by atoms with van der Waals surface area (Å²) in [6.45, 7) is 5.31. The fraction of sp³-hybridized carbons (Fsp3) is 0.647. The summed E-state index contributed by atoms with van der Waals surface area (Å²) in [5.41, 5.74) is -0.0584. The van der Waals surface area contributed by atoms with Crippen molar-refractivity contribution in [3.8, 4) is 0 Å². The molecule has 2 amide bonds. The van der Waals surface area contributed by atoms with Crippen molar-refractivity contribution < 1.29 is 18.0 Å². The molecule has 2 atom stereocenters. The maximum atomic E-state index is 13.1. The number of pyridine rings is 1. The number of aromatic nitrogens is 1. The lowest BCUT2D eigenvalue weighted by Gasteiger charge is -2.45. The van der Waals surface area contributed by atoms with Crippen molar-refractivity contribution in [2.75, 3.05) is 13.1 Å². The summed E-state index contributed by atoms with van der Waals surface area (Å²) in [7, 11) is 0. The van der Waals surface area contributed by atoms with Crippen molar-refractivity contribution in [1.29, 1.82) is 0 Å². The van der Waals surface area contributed by atoms with Crippen LogP contribution in [0.4, 0.5) is 18.0 Å². The largest absolute Gasteiger partial charge is 0.392 e. The molecule has 0 spiro atoms. The zero-order chi connectivity index (χ0) is 18.0. The molecule has 0 unspecified atom stereocenters. The van der Waals surface area contributed by atoms with Gasteiger partial charge in [-0.2, -0.15) is 13.2 Å². The average molecular weight is 343 g/mol. The first-order chi connectivity index (χ1) is 11.1. The summed E-state index contributed by atoms with van der Waals surface area (Å²) < 4.78 is 39.4. The Kier molecular flexibility index (Phi) is 5.40. The van der Waals surface area contributed by atoms with Crippen molar-refractivity contribution >= 4 is 6.03 Å². The summed E-state index contributed by atoms with van der Waals surface area (Å²) in [4.78, 5) is 17.9. The average Bonchev–Trinajstić information content (AvgIpc) is 2.50. The highest BCUT2D eigenvalue weighted by atomic mass is 19.4. The van der Waals surface area contributed by atoms with Gasteiger partial charge in [0, 0.05) is 25.5 Å². The number of piperidine rings is 1. The molecule has 1 aromatic rings. The molecule has 1 N–H and O–H groups in total. The van der Waals surface area contributed by atoms with Crippen LogP contribution < -0.4 is 5.32 Å². The Morgan fingerprint density at radius 1 is 1.42 bits per heavy atom. The van der Waals surface area contributed by atoms with Crippen LogP contribution in [0.3, 0.4) is 0 Å². The number of hydrogen-bond donors (Lipinski definition) is 1. The van der Waals surface area contributed by atoms with E-state index >= 15 is 0 Å². The van der Waals surface area contributed by atoms with E-state index in [0.29, 0.717) is 6.42 Å². The number of carbonyl (C=O) groups excluding carboxylic acids is 1. The maximum Gasteiger partial charge on any atom is 0.392 e. The van der Waals surface area contributed by atoms with Gasteiger partial charge in [0.15, 0.2) is 0 Å². The summed E-state index contributed by atoms with van der Waals surface area (Å²) in [5.74, 6) is -1.38. The van der Waals surface area contributed by atoms with Gasteiger partial charge in [-0.25, -0.2) is 4.79 Å². The molecular formula is C17H24F3N3O. The van der Waals surface area contributed by atoms with Gasteiger partial charge in [0.05, 0.1) is 12.0 Å². The van der Waals surface area contributed by atoms with E-state index in [0.717, 1.165) is 5.56 Å². The van der Waals surface area contributed by atoms with Gasteiger partial charge in [0.25, 0.3) is 0 Å². The molecule has 1 fully saturated rings. The van der Waals surface area contributed by atoms with E-state index in [1.807, 2.05) is 19.1 Å². The summed E-state index contributed by atoms with van der Waals surface area (Å²) >= 11 is 0. The van der Waals surface area contributed by atoms with Gasteiger partial charge in [-0.1, -0.05) is 20.8 Å². The molecule has 2 rings (SSSR count). The smallest absolute Gasteiger partial charge is 0.331 e. The number of nitrogens with zero attached hydrogens (tertiary/aromatic N) is 2. The third kappa shape index (κ3) is 4.19. The SMILES string of the molecule is CC[C@@H](NC(=O)N1CC[C@@H](C(F)(F)F)C(C)(C)C1)c1ccncc1. The van der Waals surface area contributed by atoms with Crippen LogP contribution in [0.1, 0.15) is 45.2 Å². The van der Waals surface area contributed by atoms with Gasteiger partial charge in [0.2, 0.25) is 0 Å². The molecule has 1 aliphatic rings. The molecule has 1 saturated heterocycles. The summed E-state index contributed by atoms with van der Waals surface area (Å²) in [5, 5.41) is 2.92. The molecule has 24 heavy (non-hydrogen) atoms. The monoisotopic (exact) mass is 343 g/mol. The number of urea groups is 1. The number of carbonyl (C=O) groups is 1. The van der Waals surface area contributed by atoms with Gasteiger partial charge < -0.3 is 10.2 Å². The summed E-state index contributed by atoms with van der Waals surface area (Å²) in [6, 6.07) is 3.17. The minimum atomic E-state index is -4.23. The lowest BCUT2D eigenvalue weighted by Crippen LogP contribution is -2.54. The van der Waals surface area contributed by atoms with E-state index in [1.54, 1.807) is 26.2 Å². The van der Waals surface area contributed by atoms with Gasteiger partial charge in [-0.05, 0) is 36.0 Å². The van der Waals surface area contributed by atoms with E-state index in [-0.39, 0.29) is 31.6 Å². The van der Waals surface area contributed by atoms with E-state index in [1.165, 1.54) is 4.90 Å². The Morgan fingerprint density at radius 2 is 2.04 bits per heavy atom. The third-order valence-electron chi connectivity index (χ3n) is 4.73. The zero-order valence-electron chi connectivity index (χ0n) is 14.2. The Labute approximate surface area is 140 Å². The number of rotatable bonds is 3. The maximum absolute atomic E-state index is 13.1. The molecule has 0 aromatic carbocycles. The first kappa shape index (κ1) is 18.5. The highest BCUT2D eigenvalue weighted by molar-refractivity contribution is 5.75. The van der Waals surface area contributed by atoms with Gasteiger partial charge in [-0.15, -0.1) is 0 Å². The van der Waals surface area contributed by atoms with Crippen LogP contribution in [0.5, 0.6) is 0 Å². The predicted octanol–water partition coefficient (Wildman–Crippen LogP) is 4.15. The normalized spacial score (nSPS) is 22.1. The Hall–Kier alpha value is -1.79. The van der Waals surface area contributed by atoms with Crippen LogP contribution in [-0.4, -0.2) is 35.2 Å². The Balaban J connectivity index is 2.03. The topological polar surface area (TPSA) is 45.2 Å². The van der Waals surface area contributed by atoms with Crippen LogP contribution in [0.2, 0.25) is 0 Å². The molecular weight excluding hydrogens is 319 g/mol. The van der Waals surface area contributed by atoms with Crippen molar-refractivity contribution in [2.45, 2.75) is 45.8 Å². The Morgan fingerprint density at radius 3 is 2.54 bits per heavy atom. The molecule has 2 heterocycles. The second-order valence-corrected chi connectivity index (χ2v) is 6.98. The summed E-state index contributed by atoms with van der Waals surface area (Å²) in [6.07, 6.45) is -0.284. The van der Waals surface area contributed by atoms with Gasteiger partial charge >= 0.3 is 12.2 Å². The molecule has 0 radical (unpaired) electrons. The predicted molar refractivity (Wildman–Crippen MR) is 85.3 cm³/mol. The molecule has 0 aliphatic carbocycles. The molecule has 0 bridgehead atoms. The van der Waals surface area contributed by atoms with Crippen LogP contribution in [-0.2, 0) is 0 Å². The van der Waals surface area contributed by atoms with Crippen molar-refractivity contribution in [3.63, 3.8) is 0 Å². The van der Waals surface area contributed by atoms with E-state index in [2.05, 4.69) is 10.3 Å². The minimum absolute atomic E-state index is 0.0596. The number of hydrogen-bond acceptors (Lipinski definition) is 2. The number of halogens is 3. The van der Waals surface area contributed by atoms with Crippen molar-refractivity contribution in [1.82, 2.24) is 15.2 Å². The fourth-order valence-corrected chi connectivity index (χ4v) is 3.39. The number of nitrogens with one attached hydrogen (secondary N) is 1. The van der Waals surface area contributed by atoms with Crippen molar-refractivity contribution in [3.05, 3.63) is 30.1 Å². The van der Waals surface area contributed by atoms with Crippen LogP contribution in [0.25, 0.3) is 0 Å². The fourth-order valence-electron chi connectivity index (χ4n) is 3.39. The molecule has 134 valence electrons. The molecule has 0 saturated carbocycles. The van der Waals surface area contributed by atoms with E-state index in [4.69, 9.17) is 0 Å². The van der Waals surface area contributed by atoms with Crippen LogP contribution in [0.15, 0.2) is 24.5 Å². The minimum Gasteiger partial charge on any atom is -0.331 e. The highest BCUT2D eigenvalue weighted by Crippen LogP contribution is 2.45. The standard InChI is InChI=1S/C17H24F3N3O/c1-4-13(12-5-8-21-9-6-12)22-15(24)23-10-7-14(17(18,19)20)16(2,3)11-23/h5-6,8-9,13-14H,4,7,10-11H2,1-3H3,(H,22,24)/t13-,14-/m1/s1. The van der Waals surface area contributed by atoms with Crippen LogP contribution >= 0.6 is 0 Å². The number of amides is 2. The highest BCUT2D eigenvalue weighted by Gasteiger charge is 2.51. The molecule has 1 aromatic heterocycles. The van der Waals surface area contributed by atoms with Gasteiger partial charge in [0.1, 0.15) is 0 Å². The molecule has 7 heteroatoms. The first-order valence-corrected chi connectivity index (χ1v) is 8.17. The lowest BCUT2D eigenvalue weighted by atomic mass is 9.73. The van der Waals surface area contributed by atoms with E-state index in [9.17, 15) is 18.0 Å². The quantitative estimate of drug-likeness (QED) is 0.896. The lowest BCUT2D eigenvalue weighted by molar-refractivity contribution is -0.214. The second-order valence-electron chi connectivity index (χ2n) is 6.98. The zero-order valence-corrected chi connectivity index (χ0v) is 14.2. The van der Waals surface area contributed by atoms with Crippen LogP contribution in [0, 0.1) is 11.3 Å². The third-order valence-corrected chi connectivity index (χ3v) is 4.73. The molecule has 1 aliphatic heterocycles. The first-order valence-electron chi connectivity index (χ1n) is 8.17. The van der Waals surface area contributed by atoms with E-state index < -0.39 is 17.5 Å². The van der Waals surface area contributed by atoms with Gasteiger partial charge in [-0.3, -0.25) is 4.98 Å². The number of alkyl halides is 3. The molecule has 4 nitrogen and oxygen atoms in total.